The molecular weight excluding hydrogens is 506 g/mol. The Bertz CT molecular complexity index is 906. The summed E-state index contributed by atoms with van der Waals surface area (Å²) in [6.45, 7) is 4.59. The number of anilines is 3. The average molecular weight is 522 g/mol. The minimum Gasteiger partial charge on any atom is -0.310 e. The molecule has 0 amide bonds. The van der Waals surface area contributed by atoms with Crippen LogP contribution in [-0.4, -0.2) is 0 Å². The zero-order chi connectivity index (χ0) is 17.8. The van der Waals surface area contributed by atoms with Gasteiger partial charge in [0.1, 0.15) is 0 Å². The third-order valence-corrected chi connectivity index (χ3v) is 6.35. The van der Waals surface area contributed by atoms with Crippen molar-refractivity contribution < 1.29 is 0 Å². The first-order chi connectivity index (χ1) is 11.9. The van der Waals surface area contributed by atoms with E-state index in [0.29, 0.717) is 0 Å². The van der Waals surface area contributed by atoms with Gasteiger partial charge in [-0.1, -0.05) is 61.6 Å². The summed E-state index contributed by atoms with van der Waals surface area (Å²) in [5.41, 5.74) is 6.16. The van der Waals surface area contributed by atoms with E-state index in [9.17, 15) is 0 Å². The van der Waals surface area contributed by atoms with Crippen molar-refractivity contribution >= 4 is 64.9 Å². The number of benzene rings is 3. The zero-order valence-corrected chi connectivity index (χ0v) is 18.6. The lowest BCUT2D eigenvalue weighted by molar-refractivity contribution is 0.631. The van der Waals surface area contributed by atoms with Gasteiger partial charge in [-0.2, -0.15) is 0 Å². The maximum atomic E-state index is 3.65. The second kappa shape index (κ2) is 6.26. The van der Waals surface area contributed by atoms with E-state index in [1.165, 1.54) is 22.5 Å². The highest BCUT2D eigenvalue weighted by Gasteiger charge is 2.37. The molecule has 126 valence electrons. The van der Waals surface area contributed by atoms with Crippen molar-refractivity contribution in [3.8, 4) is 0 Å². The predicted octanol–water partition coefficient (Wildman–Crippen LogP) is 8.08. The fourth-order valence-corrected chi connectivity index (χ4v) is 4.54. The third kappa shape index (κ3) is 2.88. The maximum Gasteiger partial charge on any atom is 0.0503 e. The van der Waals surface area contributed by atoms with Crippen LogP contribution in [-0.2, 0) is 5.41 Å². The van der Waals surface area contributed by atoms with Gasteiger partial charge >= 0.3 is 0 Å². The van der Waals surface area contributed by atoms with Crippen LogP contribution >= 0.6 is 47.8 Å². The number of fused-ring (bicyclic) bond motifs is 2. The van der Waals surface area contributed by atoms with Crippen molar-refractivity contribution in [3.63, 3.8) is 0 Å². The second-order valence-electron chi connectivity index (χ2n) is 6.76. The third-order valence-electron chi connectivity index (χ3n) is 4.83. The molecule has 0 saturated heterocycles. The Balaban J connectivity index is 2.04. The summed E-state index contributed by atoms with van der Waals surface area (Å²) < 4.78 is 3.29. The quantitative estimate of drug-likeness (QED) is 0.313. The Hall–Kier alpha value is -1.10. The predicted molar refractivity (Wildman–Crippen MR) is 116 cm³/mol. The van der Waals surface area contributed by atoms with E-state index in [-0.39, 0.29) is 5.41 Å². The van der Waals surface area contributed by atoms with Crippen LogP contribution in [0.4, 0.5) is 17.1 Å². The van der Waals surface area contributed by atoms with E-state index in [1.807, 2.05) is 0 Å². The topological polar surface area (TPSA) is 3.24 Å². The molecule has 0 atom stereocenters. The van der Waals surface area contributed by atoms with Gasteiger partial charge in [0.25, 0.3) is 0 Å². The molecule has 3 aromatic rings. The molecule has 4 rings (SSSR count). The van der Waals surface area contributed by atoms with Crippen LogP contribution in [0.3, 0.4) is 0 Å². The van der Waals surface area contributed by atoms with Crippen LogP contribution in [0.25, 0.3) is 0 Å². The molecule has 1 heterocycles. The molecule has 0 spiro atoms. The first-order valence-corrected chi connectivity index (χ1v) is 10.4. The highest BCUT2D eigenvalue weighted by Crippen LogP contribution is 2.52. The molecule has 1 aliphatic heterocycles. The Kier molecular flexibility index (Phi) is 4.33. The maximum absolute atomic E-state index is 3.65. The van der Waals surface area contributed by atoms with Crippen molar-refractivity contribution in [1.82, 2.24) is 0 Å². The van der Waals surface area contributed by atoms with Gasteiger partial charge in [-0.15, -0.1) is 0 Å². The largest absolute Gasteiger partial charge is 0.310 e. The highest BCUT2D eigenvalue weighted by molar-refractivity contribution is 9.11. The lowest BCUT2D eigenvalue weighted by Gasteiger charge is -2.42. The van der Waals surface area contributed by atoms with E-state index >= 15 is 0 Å². The fraction of sp³-hybridized carbons (Fsp3) is 0.143. The molecule has 0 radical (unpaired) electrons. The zero-order valence-electron chi connectivity index (χ0n) is 13.9. The molecule has 0 aliphatic carbocycles. The van der Waals surface area contributed by atoms with Crippen LogP contribution in [0.5, 0.6) is 0 Å². The lowest BCUT2D eigenvalue weighted by Crippen LogP contribution is -2.30. The minimum atomic E-state index is -0.0793. The molecule has 0 N–H and O–H groups in total. The van der Waals surface area contributed by atoms with Gasteiger partial charge in [0, 0.05) is 24.5 Å². The number of halogens is 3. The summed E-state index contributed by atoms with van der Waals surface area (Å²) >= 11 is 10.8. The monoisotopic (exact) mass is 519 g/mol. The first-order valence-electron chi connectivity index (χ1n) is 8.04. The first kappa shape index (κ1) is 17.3. The van der Waals surface area contributed by atoms with Crippen molar-refractivity contribution in [2.24, 2.45) is 0 Å². The smallest absolute Gasteiger partial charge is 0.0503 e. The molecule has 0 unspecified atom stereocenters. The number of hydrogen-bond donors (Lipinski definition) is 0. The van der Waals surface area contributed by atoms with Crippen LogP contribution in [0.15, 0.2) is 74.1 Å². The summed E-state index contributed by atoms with van der Waals surface area (Å²) in [4.78, 5) is 2.35. The summed E-state index contributed by atoms with van der Waals surface area (Å²) in [6, 6.07) is 21.6. The Labute approximate surface area is 173 Å². The molecule has 0 aromatic heterocycles. The van der Waals surface area contributed by atoms with E-state index < -0.39 is 0 Å². The van der Waals surface area contributed by atoms with Gasteiger partial charge in [-0.3, -0.25) is 0 Å². The van der Waals surface area contributed by atoms with Crippen molar-refractivity contribution in [2.45, 2.75) is 19.3 Å². The lowest BCUT2D eigenvalue weighted by atomic mass is 9.73. The molecule has 3 aromatic carbocycles. The van der Waals surface area contributed by atoms with E-state index in [0.717, 1.165) is 19.1 Å². The van der Waals surface area contributed by atoms with Crippen molar-refractivity contribution in [3.05, 3.63) is 85.2 Å². The number of rotatable bonds is 1. The van der Waals surface area contributed by atoms with Gasteiger partial charge < -0.3 is 4.90 Å². The van der Waals surface area contributed by atoms with Gasteiger partial charge in [0.05, 0.1) is 11.4 Å². The van der Waals surface area contributed by atoms with Crippen molar-refractivity contribution in [2.75, 3.05) is 4.90 Å². The fourth-order valence-electron chi connectivity index (χ4n) is 3.55. The molecule has 0 bridgehead atoms. The van der Waals surface area contributed by atoms with Gasteiger partial charge in [0.2, 0.25) is 0 Å². The van der Waals surface area contributed by atoms with E-state index in [4.69, 9.17) is 0 Å². The van der Waals surface area contributed by atoms with Crippen LogP contribution in [0.2, 0.25) is 0 Å². The molecule has 25 heavy (non-hydrogen) atoms. The molecule has 4 heteroatoms. The summed E-state index contributed by atoms with van der Waals surface area (Å²) in [6.07, 6.45) is 0. The van der Waals surface area contributed by atoms with E-state index in [2.05, 4.69) is 127 Å². The SMILES string of the molecule is CC1(C)c2cc(Br)ccc2N(c2ccc(Br)cc2)c2ccc(Br)cc21. The van der Waals surface area contributed by atoms with E-state index in [1.54, 1.807) is 0 Å². The molecule has 0 saturated carbocycles. The molecular formula is C21H16Br3N. The van der Waals surface area contributed by atoms with Gasteiger partial charge in [-0.05, 0) is 71.8 Å². The Morgan fingerprint density at radius 2 is 1.08 bits per heavy atom. The highest BCUT2D eigenvalue weighted by atomic mass is 79.9. The molecule has 1 nitrogen and oxygen atoms in total. The second-order valence-corrected chi connectivity index (χ2v) is 9.51. The summed E-state index contributed by atoms with van der Waals surface area (Å²) in [7, 11) is 0. The number of hydrogen-bond acceptors (Lipinski definition) is 1. The number of nitrogens with zero attached hydrogens (tertiary/aromatic N) is 1. The van der Waals surface area contributed by atoms with Crippen LogP contribution in [0, 0.1) is 0 Å². The normalized spacial score (nSPS) is 14.8. The summed E-state index contributed by atoms with van der Waals surface area (Å²) in [5.74, 6) is 0. The summed E-state index contributed by atoms with van der Waals surface area (Å²) in [5, 5.41) is 0. The van der Waals surface area contributed by atoms with Crippen LogP contribution < -0.4 is 4.90 Å². The minimum absolute atomic E-state index is 0.0793. The average Bonchev–Trinajstić information content (AvgIpc) is 2.58. The molecule has 0 fully saturated rings. The standard InChI is InChI=1S/C21H16Br3N/c1-21(2)17-11-14(23)5-9-19(17)25(16-7-3-13(22)4-8-16)20-10-6-15(24)12-18(20)21/h3-12H,1-2H3. The molecule has 1 aliphatic rings. The van der Waals surface area contributed by atoms with Crippen LogP contribution in [0.1, 0.15) is 25.0 Å². The van der Waals surface area contributed by atoms with Gasteiger partial charge in [-0.25, -0.2) is 0 Å². The van der Waals surface area contributed by atoms with Crippen molar-refractivity contribution in [1.29, 1.82) is 0 Å². The Morgan fingerprint density at radius 1 is 0.640 bits per heavy atom. The Morgan fingerprint density at radius 3 is 1.56 bits per heavy atom. The van der Waals surface area contributed by atoms with Gasteiger partial charge in [0.15, 0.2) is 0 Å².